The normalized spacial score (nSPS) is 17.7. The van der Waals surface area contributed by atoms with Gasteiger partial charge < -0.3 is 16.0 Å². The Morgan fingerprint density at radius 3 is 2.66 bits per heavy atom. The van der Waals surface area contributed by atoms with Gasteiger partial charge in [0.25, 0.3) is 0 Å². The van der Waals surface area contributed by atoms with E-state index in [2.05, 4.69) is 22.0 Å². The molecule has 0 spiro atoms. The maximum Gasteiger partial charge on any atom is 0.399 e. The van der Waals surface area contributed by atoms with Gasteiger partial charge in [-0.1, -0.05) is 6.92 Å². The number of allylic oxidation sites excluding steroid dienone is 1. The summed E-state index contributed by atoms with van der Waals surface area (Å²) in [5, 5.41) is 2.73. The number of likely N-dealkylation sites (tertiary alicyclic amines) is 1. The molecule has 0 aliphatic carbocycles. The number of primary amides is 1. The molecule has 1 saturated heterocycles. The number of rotatable bonds is 8. The molecule has 1 aliphatic rings. The molecule has 176 valence electrons. The van der Waals surface area contributed by atoms with E-state index in [0.717, 1.165) is 13.8 Å². The highest BCUT2D eigenvalue weighted by atomic mass is 32.2. The topological polar surface area (TPSA) is 101 Å². The summed E-state index contributed by atoms with van der Waals surface area (Å²) < 4.78 is 40.5. The van der Waals surface area contributed by atoms with E-state index < -0.39 is 29.6 Å². The minimum absolute atomic E-state index is 0.120. The van der Waals surface area contributed by atoms with Gasteiger partial charge in [0.15, 0.2) is 0 Å². The summed E-state index contributed by atoms with van der Waals surface area (Å²) in [5.74, 6) is -0.429. The van der Waals surface area contributed by atoms with Crippen LogP contribution in [0.2, 0.25) is 0 Å². The molecule has 0 aromatic carbocycles. The van der Waals surface area contributed by atoms with Crippen LogP contribution in [0.25, 0.3) is 4.91 Å². The lowest BCUT2D eigenvalue weighted by molar-refractivity contribution is -0.181. The van der Waals surface area contributed by atoms with Crippen LogP contribution < -0.4 is 11.1 Å². The Balaban J connectivity index is 2.23. The number of hydrogen-bond acceptors (Lipinski definition) is 5. The average Bonchev–Trinajstić information content (AvgIpc) is 3.23. The summed E-state index contributed by atoms with van der Waals surface area (Å²) in [6.45, 7) is 8.00. The standard InChI is InChI=1S/C21H28F3N5O2S/c1-5-14(26-4)17(13-8-9-27-16(11-13)20(2,3)21(22,23)24)32-12-28-19(31)29-10-6-7-15(29)18(25)30/h8-9,11,15H,4-7,10,12H2,1-3H3,(H2,25,30)(H,28,31)/b17-14-/t15-/m0/s1. The highest BCUT2D eigenvalue weighted by Crippen LogP contribution is 2.41. The number of carbonyl (C=O) groups is 2. The molecule has 7 nitrogen and oxygen atoms in total. The molecule has 3 N–H and O–H groups in total. The molecule has 0 radical (unpaired) electrons. The first-order chi connectivity index (χ1) is 14.9. The number of thioether (sulfide) groups is 1. The van der Waals surface area contributed by atoms with Crippen LogP contribution in [0.3, 0.4) is 0 Å². The van der Waals surface area contributed by atoms with Crippen molar-refractivity contribution < 1.29 is 22.8 Å². The van der Waals surface area contributed by atoms with Crippen molar-refractivity contribution in [3.63, 3.8) is 0 Å². The molecule has 32 heavy (non-hydrogen) atoms. The number of nitrogens with zero attached hydrogens (tertiary/aromatic N) is 3. The first kappa shape index (κ1) is 25.7. The number of carbonyl (C=O) groups excluding carboxylic acids is 2. The summed E-state index contributed by atoms with van der Waals surface area (Å²) in [5.41, 5.74) is 4.19. The zero-order valence-corrected chi connectivity index (χ0v) is 19.1. The zero-order chi connectivity index (χ0) is 24.1. The van der Waals surface area contributed by atoms with Crippen molar-refractivity contribution in [1.29, 1.82) is 0 Å². The van der Waals surface area contributed by atoms with Crippen LogP contribution in [0.1, 0.15) is 51.3 Å². The fraction of sp³-hybridized carbons (Fsp3) is 0.524. The number of nitrogens with one attached hydrogen (secondary N) is 1. The van der Waals surface area contributed by atoms with Gasteiger partial charge in [-0.2, -0.15) is 13.2 Å². The highest BCUT2D eigenvalue weighted by Gasteiger charge is 2.49. The number of pyridine rings is 1. The van der Waals surface area contributed by atoms with E-state index in [0.29, 0.717) is 42.0 Å². The van der Waals surface area contributed by atoms with Crippen LogP contribution in [-0.2, 0) is 10.2 Å². The fourth-order valence-electron chi connectivity index (χ4n) is 3.31. The van der Waals surface area contributed by atoms with Crippen molar-refractivity contribution in [2.45, 2.75) is 57.7 Å². The number of aliphatic imine (C=N–C) groups is 1. The molecule has 1 aromatic rings. The molecule has 1 fully saturated rings. The molecule has 1 atom stereocenters. The summed E-state index contributed by atoms with van der Waals surface area (Å²) in [6, 6.07) is 1.94. The van der Waals surface area contributed by atoms with Crippen LogP contribution in [0.5, 0.6) is 0 Å². The van der Waals surface area contributed by atoms with E-state index in [1.807, 2.05) is 6.92 Å². The van der Waals surface area contributed by atoms with E-state index >= 15 is 0 Å². The largest absolute Gasteiger partial charge is 0.399 e. The molecule has 0 saturated carbocycles. The molecule has 0 bridgehead atoms. The van der Waals surface area contributed by atoms with Gasteiger partial charge in [0.2, 0.25) is 5.91 Å². The van der Waals surface area contributed by atoms with Gasteiger partial charge in [-0.05, 0) is 57.5 Å². The van der Waals surface area contributed by atoms with Gasteiger partial charge in [-0.15, -0.1) is 11.8 Å². The molecule has 1 aliphatic heterocycles. The lowest BCUT2D eigenvalue weighted by Crippen LogP contribution is -2.48. The number of alkyl halides is 3. The van der Waals surface area contributed by atoms with E-state index in [9.17, 15) is 22.8 Å². The van der Waals surface area contributed by atoms with E-state index in [4.69, 9.17) is 5.73 Å². The Kier molecular flexibility index (Phi) is 8.33. The van der Waals surface area contributed by atoms with Crippen molar-refractivity contribution >= 4 is 35.3 Å². The third-order valence-corrected chi connectivity index (χ3v) is 6.49. The third kappa shape index (κ3) is 5.62. The monoisotopic (exact) mass is 471 g/mol. The van der Waals surface area contributed by atoms with Gasteiger partial charge in [0, 0.05) is 17.6 Å². The van der Waals surface area contributed by atoms with Crippen LogP contribution in [0.15, 0.2) is 29.0 Å². The molecular formula is C21H28F3N5O2S. The Labute approximate surface area is 189 Å². The maximum absolute atomic E-state index is 13.5. The van der Waals surface area contributed by atoms with E-state index in [1.54, 1.807) is 6.07 Å². The molecule has 3 amide bonds. The number of halogens is 3. The second-order valence-corrected chi connectivity index (χ2v) is 8.85. The number of aromatic nitrogens is 1. The summed E-state index contributed by atoms with van der Waals surface area (Å²) in [7, 11) is 0. The van der Waals surface area contributed by atoms with Crippen LogP contribution in [0, 0.1) is 0 Å². The molecule has 1 aromatic heterocycles. The molecular weight excluding hydrogens is 443 g/mol. The number of urea groups is 1. The van der Waals surface area contributed by atoms with Crippen LogP contribution >= 0.6 is 11.8 Å². The van der Waals surface area contributed by atoms with Crippen LogP contribution in [-0.4, -0.2) is 53.2 Å². The SMILES string of the molecule is C=N/C(CC)=C(\SCNC(=O)N1CCC[C@H]1C(N)=O)c1ccnc(C(C)(C)C(F)(F)F)c1. The van der Waals surface area contributed by atoms with Crippen molar-refractivity contribution in [1.82, 2.24) is 15.2 Å². The van der Waals surface area contributed by atoms with E-state index in [1.165, 1.54) is 28.9 Å². The highest BCUT2D eigenvalue weighted by molar-refractivity contribution is 8.08. The molecule has 0 unspecified atom stereocenters. The van der Waals surface area contributed by atoms with Gasteiger partial charge in [0.05, 0.1) is 17.3 Å². The Morgan fingerprint density at radius 1 is 1.41 bits per heavy atom. The van der Waals surface area contributed by atoms with Gasteiger partial charge >= 0.3 is 12.2 Å². The fourth-order valence-corrected chi connectivity index (χ4v) is 4.32. The second-order valence-electron chi connectivity index (χ2n) is 7.86. The third-order valence-electron chi connectivity index (χ3n) is 5.44. The van der Waals surface area contributed by atoms with E-state index in [-0.39, 0.29) is 11.6 Å². The van der Waals surface area contributed by atoms with Crippen molar-refractivity contribution in [2.24, 2.45) is 10.7 Å². The Morgan fingerprint density at radius 2 is 2.09 bits per heavy atom. The van der Waals surface area contributed by atoms with Crippen molar-refractivity contribution in [3.8, 4) is 0 Å². The van der Waals surface area contributed by atoms with Crippen LogP contribution in [0.4, 0.5) is 18.0 Å². The molecule has 2 rings (SSSR count). The smallest absolute Gasteiger partial charge is 0.368 e. The van der Waals surface area contributed by atoms with Gasteiger partial charge in [0.1, 0.15) is 11.5 Å². The first-order valence-electron chi connectivity index (χ1n) is 10.1. The van der Waals surface area contributed by atoms with Crippen molar-refractivity contribution in [3.05, 3.63) is 35.3 Å². The number of hydrogen-bond donors (Lipinski definition) is 2. The zero-order valence-electron chi connectivity index (χ0n) is 18.3. The summed E-state index contributed by atoms with van der Waals surface area (Å²) in [6.07, 6.45) is -1.43. The first-order valence-corrected chi connectivity index (χ1v) is 11.1. The lowest BCUT2D eigenvalue weighted by atomic mass is 9.87. The summed E-state index contributed by atoms with van der Waals surface area (Å²) in [4.78, 5) is 34.0. The molecule has 2 heterocycles. The quantitative estimate of drug-likeness (QED) is 0.441. The second kappa shape index (κ2) is 10.4. The number of amides is 3. The lowest BCUT2D eigenvalue weighted by Gasteiger charge is -2.27. The van der Waals surface area contributed by atoms with Gasteiger partial charge in [-0.3, -0.25) is 14.8 Å². The summed E-state index contributed by atoms with van der Waals surface area (Å²) >= 11 is 1.22. The number of nitrogens with two attached hydrogens (primary N) is 1. The Hall–Kier alpha value is -2.56. The minimum atomic E-state index is -4.47. The maximum atomic E-state index is 13.5. The molecule has 11 heteroatoms. The Bertz CT molecular complexity index is 902. The van der Waals surface area contributed by atoms with Crippen molar-refractivity contribution in [2.75, 3.05) is 12.4 Å². The minimum Gasteiger partial charge on any atom is -0.368 e. The predicted molar refractivity (Wildman–Crippen MR) is 120 cm³/mol. The average molecular weight is 472 g/mol. The predicted octanol–water partition coefficient (Wildman–Crippen LogP) is 4.05. The van der Waals surface area contributed by atoms with Gasteiger partial charge in [-0.25, -0.2) is 4.79 Å².